The van der Waals surface area contributed by atoms with E-state index in [4.69, 9.17) is 16.3 Å². The maximum atomic E-state index is 5.73. The number of hydrogen-bond acceptors (Lipinski definition) is 1. The van der Waals surface area contributed by atoms with Crippen molar-refractivity contribution in [3.8, 4) is 0 Å². The Morgan fingerprint density at radius 3 is 1.39 bits per heavy atom. The summed E-state index contributed by atoms with van der Waals surface area (Å²) in [6, 6.07) is 0. The Morgan fingerprint density at radius 2 is 0.957 bits per heavy atom. The van der Waals surface area contributed by atoms with Gasteiger partial charge in [0.1, 0.15) is 0 Å². The van der Waals surface area contributed by atoms with Crippen LogP contribution in [0.2, 0.25) is 0 Å². The van der Waals surface area contributed by atoms with E-state index in [1.165, 1.54) is 103 Å². The summed E-state index contributed by atoms with van der Waals surface area (Å²) in [5.41, 5.74) is 0. The van der Waals surface area contributed by atoms with Crippen LogP contribution in [-0.2, 0) is 4.74 Å². The molecule has 0 aromatic carbocycles. The van der Waals surface area contributed by atoms with Crippen LogP contribution >= 0.6 is 11.6 Å². The molecule has 0 aromatic rings. The minimum absolute atomic E-state index is 0.826. The molecule has 0 rings (SSSR count). The molecule has 0 aliphatic carbocycles. The number of unbranched alkanes of at least 4 members (excludes halogenated alkanes) is 14. The summed E-state index contributed by atoms with van der Waals surface area (Å²) < 4.78 is 5.73. The summed E-state index contributed by atoms with van der Waals surface area (Å²) in [4.78, 5) is 0. The Balaban J connectivity index is 2.93. The van der Waals surface area contributed by atoms with Crippen LogP contribution < -0.4 is 0 Å². The molecule has 0 radical (unpaired) electrons. The van der Waals surface area contributed by atoms with Crippen LogP contribution in [0.1, 0.15) is 103 Å². The van der Waals surface area contributed by atoms with Crippen LogP contribution in [0.4, 0.5) is 0 Å². The standard InChI is InChI=1S/C21H41ClO/c1-2-3-4-5-6-8-11-14-17-20-23-21-18-15-12-9-7-10-13-16-19-22/h2H,1,3-21H2. The Labute approximate surface area is 151 Å². The minimum Gasteiger partial charge on any atom is -0.381 e. The second-order valence-corrected chi connectivity index (χ2v) is 7.06. The molecule has 0 bridgehead atoms. The van der Waals surface area contributed by atoms with Crippen molar-refractivity contribution in [1.29, 1.82) is 0 Å². The second kappa shape index (κ2) is 22.0. The first-order valence-electron chi connectivity index (χ1n) is 10.2. The third-order valence-electron chi connectivity index (χ3n) is 4.37. The highest BCUT2D eigenvalue weighted by Crippen LogP contribution is 2.10. The minimum atomic E-state index is 0.826. The van der Waals surface area contributed by atoms with Gasteiger partial charge in [0.25, 0.3) is 0 Å². The molecule has 0 unspecified atom stereocenters. The van der Waals surface area contributed by atoms with Gasteiger partial charge in [-0.1, -0.05) is 76.7 Å². The molecule has 2 heteroatoms. The zero-order valence-corrected chi connectivity index (χ0v) is 16.3. The fourth-order valence-corrected chi connectivity index (χ4v) is 3.03. The summed E-state index contributed by atoms with van der Waals surface area (Å²) in [5, 5.41) is 0. The Morgan fingerprint density at radius 1 is 0.565 bits per heavy atom. The lowest BCUT2D eigenvalue weighted by molar-refractivity contribution is 0.125. The third-order valence-corrected chi connectivity index (χ3v) is 4.64. The van der Waals surface area contributed by atoms with Gasteiger partial charge in [0.2, 0.25) is 0 Å². The van der Waals surface area contributed by atoms with E-state index < -0.39 is 0 Å². The summed E-state index contributed by atoms with van der Waals surface area (Å²) in [5.74, 6) is 0.826. The lowest BCUT2D eigenvalue weighted by Gasteiger charge is -2.05. The van der Waals surface area contributed by atoms with Crippen molar-refractivity contribution in [2.75, 3.05) is 19.1 Å². The van der Waals surface area contributed by atoms with Crippen LogP contribution in [0, 0.1) is 0 Å². The molecule has 0 saturated carbocycles. The third kappa shape index (κ3) is 22.0. The van der Waals surface area contributed by atoms with Crippen LogP contribution in [-0.4, -0.2) is 19.1 Å². The van der Waals surface area contributed by atoms with Crippen molar-refractivity contribution in [3.05, 3.63) is 12.7 Å². The zero-order chi connectivity index (χ0) is 16.8. The monoisotopic (exact) mass is 344 g/mol. The highest BCUT2D eigenvalue weighted by atomic mass is 35.5. The molecule has 0 fully saturated rings. The normalized spacial score (nSPS) is 11.0. The molecule has 1 nitrogen and oxygen atoms in total. The van der Waals surface area contributed by atoms with Gasteiger partial charge in [-0.05, 0) is 32.1 Å². The lowest BCUT2D eigenvalue weighted by Crippen LogP contribution is -1.97. The first-order chi connectivity index (χ1) is 11.4. The van der Waals surface area contributed by atoms with Crippen molar-refractivity contribution in [2.45, 2.75) is 103 Å². The predicted octanol–water partition coefficient (Wildman–Crippen LogP) is 7.67. The quantitative estimate of drug-likeness (QED) is 0.125. The molecular weight excluding hydrogens is 304 g/mol. The first-order valence-corrected chi connectivity index (χ1v) is 10.7. The van der Waals surface area contributed by atoms with Gasteiger partial charge in [0, 0.05) is 19.1 Å². The molecule has 0 aromatic heterocycles. The van der Waals surface area contributed by atoms with Gasteiger partial charge in [0.05, 0.1) is 0 Å². The van der Waals surface area contributed by atoms with Gasteiger partial charge < -0.3 is 4.74 Å². The molecule has 0 aliphatic heterocycles. The predicted molar refractivity (Wildman–Crippen MR) is 106 cm³/mol. The Hall–Kier alpha value is -0.0100. The van der Waals surface area contributed by atoms with E-state index in [9.17, 15) is 0 Å². The number of alkyl halides is 1. The molecule has 0 heterocycles. The number of allylic oxidation sites excluding steroid dienone is 1. The maximum Gasteiger partial charge on any atom is 0.0466 e. The first kappa shape index (κ1) is 23.0. The van der Waals surface area contributed by atoms with Gasteiger partial charge in [-0.15, -0.1) is 18.2 Å². The van der Waals surface area contributed by atoms with E-state index in [-0.39, 0.29) is 0 Å². The molecule has 0 saturated heterocycles. The molecule has 0 aliphatic rings. The SMILES string of the molecule is C=CCCCCCCCCCOCCCCCCCCCCCl. The molecule has 0 atom stereocenters. The van der Waals surface area contributed by atoms with Crippen molar-refractivity contribution in [1.82, 2.24) is 0 Å². The van der Waals surface area contributed by atoms with E-state index in [0.29, 0.717) is 0 Å². The van der Waals surface area contributed by atoms with Crippen LogP contribution in [0.3, 0.4) is 0 Å². The van der Waals surface area contributed by atoms with Gasteiger partial charge in [-0.2, -0.15) is 0 Å². The molecule has 0 amide bonds. The summed E-state index contributed by atoms with van der Waals surface area (Å²) in [6.45, 7) is 5.69. The fraction of sp³-hybridized carbons (Fsp3) is 0.905. The largest absolute Gasteiger partial charge is 0.381 e. The van der Waals surface area contributed by atoms with Crippen LogP contribution in [0.25, 0.3) is 0 Å². The van der Waals surface area contributed by atoms with Crippen LogP contribution in [0.15, 0.2) is 12.7 Å². The fourth-order valence-electron chi connectivity index (χ4n) is 2.84. The average Bonchev–Trinajstić information content (AvgIpc) is 2.57. The molecular formula is C21H41ClO. The Kier molecular flexibility index (Phi) is 22.0. The van der Waals surface area contributed by atoms with Gasteiger partial charge in [-0.3, -0.25) is 0 Å². The van der Waals surface area contributed by atoms with E-state index in [0.717, 1.165) is 19.1 Å². The van der Waals surface area contributed by atoms with E-state index in [1.807, 2.05) is 6.08 Å². The van der Waals surface area contributed by atoms with Crippen molar-refractivity contribution in [3.63, 3.8) is 0 Å². The van der Waals surface area contributed by atoms with E-state index in [1.54, 1.807) is 0 Å². The molecule has 0 spiro atoms. The van der Waals surface area contributed by atoms with E-state index >= 15 is 0 Å². The van der Waals surface area contributed by atoms with E-state index in [2.05, 4.69) is 6.58 Å². The number of halogens is 1. The van der Waals surface area contributed by atoms with Crippen molar-refractivity contribution in [2.24, 2.45) is 0 Å². The van der Waals surface area contributed by atoms with Crippen molar-refractivity contribution >= 4 is 11.6 Å². The smallest absolute Gasteiger partial charge is 0.0466 e. The van der Waals surface area contributed by atoms with Crippen LogP contribution in [0.5, 0.6) is 0 Å². The highest BCUT2D eigenvalue weighted by molar-refractivity contribution is 6.17. The zero-order valence-electron chi connectivity index (χ0n) is 15.5. The molecule has 138 valence electrons. The van der Waals surface area contributed by atoms with Crippen molar-refractivity contribution < 1.29 is 4.74 Å². The summed E-state index contributed by atoms with van der Waals surface area (Å²) >= 11 is 5.67. The maximum absolute atomic E-state index is 5.73. The Bertz CT molecular complexity index is 218. The topological polar surface area (TPSA) is 9.23 Å². The summed E-state index contributed by atoms with van der Waals surface area (Å²) in [6.07, 6.45) is 23.2. The van der Waals surface area contributed by atoms with Gasteiger partial charge in [-0.25, -0.2) is 0 Å². The highest BCUT2D eigenvalue weighted by Gasteiger charge is 1.94. The second-order valence-electron chi connectivity index (χ2n) is 6.68. The lowest BCUT2D eigenvalue weighted by atomic mass is 10.1. The van der Waals surface area contributed by atoms with Gasteiger partial charge >= 0.3 is 0 Å². The average molecular weight is 345 g/mol. The van der Waals surface area contributed by atoms with Gasteiger partial charge in [0.15, 0.2) is 0 Å². The summed E-state index contributed by atoms with van der Waals surface area (Å²) in [7, 11) is 0. The molecule has 23 heavy (non-hydrogen) atoms. The number of rotatable bonds is 20. The number of hydrogen-bond donors (Lipinski definition) is 0. The molecule has 0 N–H and O–H groups in total. The number of ether oxygens (including phenoxy) is 1.